The maximum atomic E-state index is 12.9. The summed E-state index contributed by atoms with van der Waals surface area (Å²) in [6.45, 7) is 6.47. The molecule has 0 spiro atoms. The van der Waals surface area contributed by atoms with Gasteiger partial charge >= 0.3 is 0 Å². The van der Waals surface area contributed by atoms with E-state index in [-0.39, 0.29) is 35.5 Å². The zero-order valence-corrected chi connectivity index (χ0v) is 15.8. The van der Waals surface area contributed by atoms with Gasteiger partial charge in [-0.3, -0.25) is 19.8 Å². The summed E-state index contributed by atoms with van der Waals surface area (Å²) < 4.78 is 5.41. The van der Waals surface area contributed by atoms with Crippen LogP contribution in [0.4, 0.5) is 0 Å². The van der Waals surface area contributed by atoms with Crippen LogP contribution in [0.15, 0.2) is 35.4 Å². The highest BCUT2D eigenvalue weighted by Crippen LogP contribution is 2.59. The van der Waals surface area contributed by atoms with Gasteiger partial charge in [0.05, 0.1) is 18.4 Å². The second-order valence-corrected chi connectivity index (χ2v) is 7.71. The highest BCUT2D eigenvalue weighted by Gasteiger charge is 2.63. The Balaban J connectivity index is 1.55. The number of carbonyl (C=O) groups excluding carboxylic acids is 3. The third-order valence-electron chi connectivity index (χ3n) is 6.05. The third kappa shape index (κ3) is 2.66. The van der Waals surface area contributed by atoms with E-state index in [9.17, 15) is 14.4 Å². The maximum Gasteiger partial charge on any atom is 0.270 e. The van der Waals surface area contributed by atoms with E-state index in [0.717, 1.165) is 17.9 Å². The Bertz CT molecular complexity index is 823. The SMILES string of the molecule is CCOc1cccc(C(=O)NN2C(=O)[C@@H]3[C@H](C2=O)[C@H]2CC[C@H]3C2=C(C)C)c1. The van der Waals surface area contributed by atoms with Crippen LogP contribution in [0, 0.1) is 23.7 Å². The Hall–Kier alpha value is -2.63. The van der Waals surface area contributed by atoms with Gasteiger partial charge in [0.25, 0.3) is 17.7 Å². The smallest absolute Gasteiger partial charge is 0.270 e. The van der Waals surface area contributed by atoms with Gasteiger partial charge < -0.3 is 4.74 Å². The van der Waals surface area contributed by atoms with Crippen LogP contribution in [0.1, 0.15) is 44.0 Å². The molecule has 0 unspecified atom stereocenters. The van der Waals surface area contributed by atoms with Crippen LogP contribution >= 0.6 is 0 Å². The number of benzene rings is 1. The fourth-order valence-electron chi connectivity index (χ4n) is 5.16. The van der Waals surface area contributed by atoms with Crippen LogP contribution < -0.4 is 10.2 Å². The first-order valence-electron chi connectivity index (χ1n) is 9.53. The number of hydrogen-bond acceptors (Lipinski definition) is 4. The number of nitrogens with one attached hydrogen (secondary N) is 1. The van der Waals surface area contributed by atoms with Crippen molar-refractivity contribution in [2.75, 3.05) is 6.61 Å². The highest BCUT2D eigenvalue weighted by molar-refractivity contribution is 6.09. The fraction of sp³-hybridized carbons (Fsp3) is 0.476. The second-order valence-electron chi connectivity index (χ2n) is 7.71. The number of rotatable bonds is 4. The lowest BCUT2D eigenvalue weighted by Crippen LogP contribution is -2.47. The van der Waals surface area contributed by atoms with Crippen molar-refractivity contribution in [3.05, 3.63) is 41.0 Å². The second kappa shape index (κ2) is 6.51. The summed E-state index contributed by atoms with van der Waals surface area (Å²) in [7, 11) is 0. The zero-order chi connectivity index (χ0) is 19.3. The molecule has 2 saturated carbocycles. The summed E-state index contributed by atoms with van der Waals surface area (Å²) >= 11 is 0. The van der Waals surface area contributed by atoms with Crippen molar-refractivity contribution in [2.24, 2.45) is 23.7 Å². The molecule has 6 nitrogen and oxygen atoms in total. The molecule has 4 rings (SSSR count). The minimum absolute atomic E-state index is 0.143. The number of allylic oxidation sites excluding steroid dienone is 2. The van der Waals surface area contributed by atoms with Gasteiger partial charge in [-0.1, -0.05) is 17.2 Å². The largest absolute Gasteiger partial charge is 0.494 e. The van der Waals surface area contributed by atoms with Crippen molar-refractivity contribution in [1.82, 2.24) is 10.4 Å². The first kappa shape index (κ1) is 17.8. The lowest BCUT2D eigenvalue weighted by atomic mass is 9.81. The quantitative estimate of drug-likeness (QED) is 0.655. The van der Waals surface area contributed by atoms with E-state index in [1.165, 1.54) is 11.1 Å². The van der Waals surface area contributed by atoms with E-state index < -0.39 is 5.91 Å². The van der Waals surface area contributed by atoms with Crippen molar-refractivity contribution in [2.45, 2.75) is 33.6 Å². The van der Waals surface area contributed by atoms with Gasteiger partial charge in [0.1, 0.15) is 5.75 Å². The molecule has 1 heterocycles. The van der Waals surface area contributed by atoms with Gasteiger partial charge in [0, 0.05) is 5.56 Å². The number of hydrogen-bond donors (Lipinski definition) is 1. The highest BCUT2D eigenvalue weighted by atomic mass is 16.5. The summed E-state index contributed by atoms with van der Waals surface area (Å²) in [5.41, 5.74) is 5.40. The van der Waals surface area contributed by atoms with E-state index in [0.29, 0.717) is 17.9 Å². The minimum atomic E-state index is -0.479. The van der Waals surface area contributed by atoms with Gasteiger partial charge in [0.2, 0.25) is 0 Å². The van der Waals surface area contributed by atoms with Crippen LogP contribution in [0.5, 0.6) is 5.75 Å². The van der Waals surface area contributed by atoms with Crippen LogP contribution in [0.3, 0.4) is 0 Å². The molecule has 6 heteroatoms. The Morgan fingerprint density at radius 1 is 1.15 bits per heavy atom. The third-order valence-corrected chi connectivity index (χ3v) is 6.05. The molecular weight excluding hydrogens is 344 g/mol. The summed E-state index contributed by atoms with van der Waals surface area (Å²) in [5, 5.41) is 0.956. The first-order chi connectivity index (χ1) is 12.9. The molecule has 4 atom stereocenters. The predicted molar refractivity (Wildman–Crippen MR) is 98.5 cm³/mol. The number of nitrogens with zero attached hydrogens (tertiary/aromatic N) is 1. The lowest BCUT2D eigenvalue weighted by Gasteiger charge is -2.19. The van der Waals surface area contributed by atoms with Crippen molar-refractivity contribution in [3.63, 3.8) is 0 Å². The molecule has 1 aromatic rings. The fourth-order valence-corrected chi connectivity index (χ4v) is 5.16. The average Bonchev–Trinajstić information content (AvgIpc) is 3.28. The Morgan fingerprint density at radius 2 is 1.78 bits per heavy atom. The summed E-state index contributed by atoms with van der Waals surface area (Å²) in [5.74, 6) is -0.808. The van der Waals surface area contributed by atoms with E-state index in [2.05, 4.69) is 19.3 Å². The lowest BCUT2D eigenvalue weighted by molar-refractivity contribution is -0.143. The van der Waals surface area contributed by atoms with Gasteiger partial charge in [0.15, 0.2) is 0 Å². The molecule has 2 bridgehead atoms. The molecule has 0 radical (unpaired) electrons. The van der Waals surface area contributed by atoms with Gasteiger partial charge in [-0.15, -0.1) is 0 Å². The molecule has 27 heavy (non-hydrogen) atoms. The molecule has 1 aliphatic heterocycles. The molecule has 3 amide bonds. The summed E-state index contributed by atoms with van der Waals surface area (Å²) in [6, 6.07) is 6.71. The molecule has 1 N–H and O–H groups in total. The molecule has 3 aliphatic rings. The number of hydrazine groups is 1. The van der Waals surface area contributed by atoms with Crippen LogP contribution in [0.25, 0.3) is 0 Å². The molecular formula is C21H24N2O4. The zero-order valence-electron chi connectivity index (χ0n) is 15.8. The van der Waals surface area contributed by atoms with Crippen molar-refractivity contribution >= 4 is 17.7 Å². The maximum absolute atomic E-state index is 12.9. The molecule has 142 valence electrons. The topological polar surface area (TPSA) is 75.7 Å². The molecule has 1 aromatic carbocycles. The number of fused-ring (bicyclic) bond motifs is 5. The number of carbonyl (C=O) groups is 3. The number of imide groups is 1. The average molecular weight is 368 g/mol. The predicted octanol–water partition coefficient (Wildman–Crippen LogP) is 2.71. The molecule has 1 saturated heterocycles. The van der Waals surface area contributed by atoms with Gasteiger partial charge in [-0.05, 0) is 63.6 Å². The van der Waals surface area contributed by atoms with E-state index >= 15 is 0 Å². The monoisotopic (exact) mass is 368 g/mol. The Labute approximate surface area is 158 Å². The van der Waals surface area contributed by atoms with Gasteiger partial charge in [-0.25, -0.2) is 0 Å². The van der Waals surface area contributed by atoms with E-state index in [1.807, 2.05) is 6.92 Å². The first-order valence-corrected chi connectivity index (χ1v) is 9.53. The van der Waals surface area contributed by atoms with Crippen LogP contribution in [-0.2, 0) is 9.59 Å². The minimum Gasteiger partial charge on any atom is -0.494 e. The number of amides is 3. The van der Waals surface area contributed by atoms with E-state index in [4.69, 9.17) is 4.74 Å². The van der Waals surface area contributed by atoms with Crippen molar-refractivity contribution in [3.8, 4) is 5.75 Å². The van der Waals surface area contributed by atoms with Crippen molar-refractivity contribution < 1.29 is 19.1 Å². The Kier molecular flexibility index (Phi) is 4.29. The summed E-state index contributed by atoms with van der Waals surface area (Å²) in [6.07, 6.45) is 1.90. The number of ether oxygens (including phenoxy) is 1. The van der Waals surface area contributed by atoms with E-state index in [1.54, 1.807) is 24.3 Å². The molecule has 2 aliphatic carbocycles. The van der Waals surface area contributed by atoms with Crippen LogP contribution in [-0.4, -0.2) is 29.3 Å². The normalized spacial score (nSPS) is 28.6. The van der Waals surface area contributed by atoms with Crippen molar-refractivity contribution in [1.29, 1.82) is 0 Å². The van der Waals surface area contributed by atoms with Gasteiger partial charge in [-0.2, -0.15) is 5.01 Å². The molecule has 3 fully saturated rings. The Morgan fingerprint density at radius 3 is 2.33 bits per heavy atom. The molecule has 0 aromatic heterocycles. The standard InChI is InChI=1S/C21H24N2O4/c1-4-27-13-7-5-6-12(10-13)19(24)22-23-20(25)17-14-8-9-15(16(14)11(2)3)18(17)21(23)26/h5-7,10,14-15,17-18H,4,8-9H2,1-3H3,(H,22,24)/t14-,15-,17-,18+/m0/s1. The summed E-state index contributed by atoms with van der Waals surface area (Å²) in [4.78, 5) is 38.5. The van der Waals surface area contributed by atoms with Crippen LogP contribution in [0.2, 0.25) is 0 Å².